The monoisotopic (exact) mass is 911 g/mol. The number of nitrogens with two attached hydrogens (primary N) is 3. The second kappa shape index (κ2) is 21.2. The molecule has 6 heterocycles. The molecule has 2 saturated heterocycles. The number of hydrogen-bond donors (Lipinski definition) is 3. The zero-order valence-corrected chi connectivity index (χ0v) is 38.3. The molecule has 4 aromatic carbocycles. The van der Waals surface area contributed by atoms with Crippen molar-refractivity contribution < 1.29 is 40.3 Å². The Kier molecular flexibility index (Phi) is 15.5. The first-order chi connectivity index (χ1) is 31.5. The van der Waals surface area contributed by atoms with Crippen LogP contribution in [0.3, 0.4) is 0 Å². The molecule has 0 amide bonds. The van der Waals surface area contributed by atoms with Crippen LogP contribution in [-0.4, -0.2) is 74.5 Å². The Bertz CT molecular complexity index is 2880. The predicted molar refractivity (Wildman–Crippen MR) is 262 cm³/mol. The molecule has 15 heteroatoms. The largest absolute Gasteiger partial charge is 0.630 e. The molecule has 2 fully saturated rings. The standard InChI is InChI=1S/C29H33N3O4.C23H24N4O2.2H2O/c1-29(2,3)36-28(33)14-19-8-10-32(11-9-19)18-20-12-22-23(25(13-20)31-34)16-30-17-24(22)27-15-21-6-4-5-7-26(21)35-27;24-17-5-7-27(8-6-17)14-15-9-18-19(21(10-15)26-28)12-25-13-20(18)23-11-16-3-1-2-4-22(16)29-23;;/h4-7,12-13,15-17,19H,8-11,14,18,31H2,1-3H3;1-4,9-13,17H,5-8,14,24,26H2;2*1H2. The number of piperidine rings is 2. The quantitative estimate of drug-likeness (QED) is 0.0723. The van der Waals surface area contributed by atoms with Gasteiger partial charge in [0, 0.05) is 95.1 Å². The fourth-order valence-electron chi connectivity index (χ4n) is 9.32. The number of likely N-dealkylation sites (tertiary alicyclic amines) is 2. The van der Waals surface area contributed by atoms with E-state index in [4.69, 9.17) is 19.3 Å². The van der Waals surface area contributed by atoms with Crippen molar-refractivity contribution in [1.82, 2.24) is 19.8 Å². The summed E-state index contributed by atoms with van der Waals surface area (Å²) in [5.41, 5.74) is 14.4. The lowest BCUT2D eigenvalue weighted by Gasteiger charge is -2.32. The number of carbonyl (C=O) groups excluding carboxylic acids is 1. The Morgan fingerprint density at radius 3 is 1.55 bits per heavy atom. The van der Waals surface area contributed by atoms with Crippen LogP contribution in [0.1, 0.15) is 64.0 Å². The van der Waals surface area contributed by atoms with Gasteiger partial charge in [-0.3, -0.25) is 24.6 Å². The lowest BCUT2D eigenvalue weighted by Crippen LogP contribution is -2.70. The number of aromatic nitrogens is 2. The Morgan fingerprint density at radius 1 is 0.672 bits per heavy atom. The SMILES string of the molecule is CC(C)(C)OC(=O)CC1CCN(Cc2cc([NH2+][O-])c3cncc(-c4cc5ccccc5o4)c3c2)CC1.NC1CCN(Cc2cc([NH2+][O-])c3cncc(-c4cc5ccccc5o4)c3c2)CC1.O.O. The number of quaternary nitrogens is 2. The summed E-state index contributed by atoms with van der Waals surface area (Å²) < 4.78 is 17.7. The average Bonchev–Trinajstić information content (AvgIpc) is 3.94. The number of benzene rings is 4. The first-order valence-corrected chi connectivity index (χ1v) is 22.6. The second-order valence-corrected chi connectivity index (χ2v) is 18.6. The molecule has 2 aliphatic heterocycles. The van der Waals surface area contributed by atoms with E-state index in [1.807, 2.05) is 99.8 Å². The summed E-state index contributed by atoms with van der Waals surface area (Å²) in [5, 5.41) is 29.5. The zero-order chi connectivity index (χ0) is 45.1. The van der Waals surface area contributed by atoms with Crippen LogP contribution in [0.5, 0.6) is 0 Å². The van der Waals surface area contributed by atoms with Gasteiger partial charge < -0.3 is 51.6 Å². The molecule has 0 saturated carbocycles. The van der Waals surface area contributed by atoms with Crippen molar-refractivity contribution in [2.45, 2.75) is 77.6 Å². The fraction of sp³-hybridized carbons (Fsp3) is 0.327. The van der Waals surface area contributed by atoms with E-state index in [2.05, 4.69) is 31.9 Å². The topological polar surface area (TPSA) is 253 Å². The van der Waals surface area contributed by atoms with Crippen LogP contribution < -0.4 is 16.7 Å². The van der Waals surface area contributed by atoms with E-state index in [0.29, 0.717) is 29.8 Å². The van der Waals surface area contributed by atoms with Gasteiger partial charge >= 0.3 is 5.97 Å². The number of nitrogens with zero attached hydrogens (tertiary/aromatic N) is 4. The molecular weight excluding hydrogens is 851 g/mol. The number of pyridine rings is 2. The second-order valence-electron chi connectivity index (χ2n) is 18.6. The molecule has 2 aliphatic rings. The number of carbonyl (C=O) groups is 1. The van der Waals surface area contributed by atoms with Crippen LogP contribution in [0.2, 0.25) is 0 Å². The van der Waals surface area contributed by atoms with Crippen molar-refractivity contribution in [1.29, 1.82) is 0 Å². The molecule has 0 spiro atoms. The Morgan fingerprint density at radius 2 is 1.12 bits per heavy atom. The van der Waals surface area contributed by atoms with E-state index in [1.54, 1.807) is 18.6 Å². The minimum absolute atomic E-state index is 0. The molecule has 10 N–H and O–H groups in total. The van der Waals surface area contributed by atoms with Crippen molar-refractivity contribution in [2.75, 3.05) is 26.2 Å². The van der Waals surface area contributed by atoms with Crippen LogP contribution in [0.25, 0.3) is 66.1 Å². The molecule has 352 valence electrons. The van der Waals surface area contributed by atoms with E-state index >= 15 is 0 Å². The summed E-state index contributed by atoms with van der Waals surface area (Å²) >= 11 is 0. The van der Waals surface area contributed by atoms with Crippen molar-refractivity contribution in [3.63, 3.8) is 0 Å². The Balaban J connectivity index is 0.000000197. The fourth-order valence-corrected chi connectivity index (χ4v) is 9.32. The molecule has 0 aliphatic carbocycles. The first-order valence-electron chi connectivity index (χ1n) is 22.6. The predicted octanol–water partition coefficient (Wildman–Crippen LogP) is 6.90. The maximum absolute atomic E-state index is 12.2. The van der Waals surface area contributed by atoms with Crippen molar-refractivity contribution in [2.24, 2.45) is 11.7 Å². The van der Waals surface area contributed by atoms with E-state index in [1.165, 1.54) is 0 Å². The highest BCUT2D eigenvalue weighted by Gasteiger charge is 2.26. The Hall–Kier alpha value is -6.11. The number of ether oxygens (including phenoxy) is 1. The van der Waals surface area contributed by atoms with Crippen molar-refractivity contribution in [3.05, 3.63) is 131 Å². The number of furan rings is 2. The third kappa shape index (κ3) is 11.4. The number of hydrogen-bond acceptors (Lipinski definition) is 11. The van der Waals surface area contributed by atoms with Gasteiger partial charge in [-0.1, -0.05) is 36.4 Å². The number of rotatable bonds is 10. The third-order valence-corrected chi connectivity index (χ3v) is 12.6. The van der Waals surface area contributed by atoms with Crippen LogP contribution >= 0.6 is 0 Å². The minimum atomic E-state index is -0.444. The third-order valence-electron chi connectivity index (χ3n) is 12.6. The van der Waals surface area contributed by atoms with Gasteiger partial charge in [0.25, 0.3) is 0 Å². The summed E-state index contributed by atoms with van der Waals surface area (Å²) in [5.74, 6) is 1.75. The lowest BCUT2D eigenvalue weighted by atomic mass is 9.93. The van der Waals surface area contributed by atoms with Crippen molar-refractivity contribution in [3.8, 4) is 22.6 Å². The smallest absolute Gasteiger partial charge is 0.306 e. The summed E-state index contributed by atoms with van der Waals surface area (Å²) in [7, 11) is 0. The van der Waals surface area contributed by atoms with Crippen molar-refractivity contribution >= 4 is 60.8 Å². The maximum atomic E-state index is 12.2. The molecule has 15 nitrogen and oxygen atoms in total. The van der Waals surface area contributed by atoms with Gasteiger partial charge in [0.15, 0.2) is 0 Å². The zero-order valence-electron chi connectivity index (χ0n) is 38.3. The number of esters is 1. The van der Waals surface area contributed by atoms with Gasteiger partial charge in [-0.25, -0.2) is 0 Å². The molecule has 67 heavy (non-hydrogen) atoms. The van der Waals surface area contributed by atoms with Gasteiger partial charge in [0.05, 0.1) is 10.8 Å². The van der Waals surface area contributed by atoms with Crippen LogP contribution in [-0.2, 0) is 22.6 Å². The minimum Gasteiger partial charge on any atom is -0.630 e. The van der Waals surface area contributed by atoms with Crippen LogP contribution in [0, 0.1) is 16.3 Å². The molecule has 0 radical (unpaired) electrons. The molecule has 10 rings (SSSR count). The highest BCUT2D eigenvalue weighted by molar-refractivity contribution is 6.02. The van der Waals surface area contributed by atoms with Crippen LogP contribution in [0.15, 0.2) is 119 Å². The highest BCUT2D eigenvalue weighted by Crippen LogP contribution is 2.37. The van der Waals surface area contributed by atoms with Gasteiger partial charge in [0.2, 0.25) is 0 Å². The number of fused-ring (bicyclic) bond motifs is 4. The lowest BCUT2D eigenvalue weighted by molar-refractivity contribution is -0.495. The van der Waals surface area contributed by atoms with Gasteiger partial charge in [-0.15, -0.1) is 0 Å². The molecule has 0 bridgehead atoms. The van der Waals surface area contributed by atoms with E-state index in [9.17, 15) is 15.2 Å². The van der Waals surface area contributed by atoms with Gasteiger partial charge in [0.1, 0.15) is 39.7 Å². The highest BCUT2D eigenvalue weighted by atomic mass is 16.6. The summed E-state index contributed by atoms with van der Waals surface area (Å²) in [6.07, 6.45) is 11.6. The van der Waals surface area contributed by atoms with E-state index < -0.39 is 5.60 Å². The first kappa shape index (κ1) is 48.8. The van der Waals surface area contributed by atoms with Gasteiger partial charge in [-0.05, 0) is 126 Å². The maximum Gasteiger partial charge on any atom is 0.306 e. The molecule has 0 unspecified atom stereocenters. The van der Waals surface area contributed by atoms with Gasteiger partial charge in [-0.2, -0.15) is 0 Å². The van der Waals surface area contributed by atoms with E-state index in [0.717, 1.165) is 153 Å². The summed E-state index contributed by atoms with van der Waals surface area (Å²) in [6, 6.07) is 28.5. The van der Waals surface area contributed by atoms with Crippen LogP contribution in [0.4, 0.5) is 11.4 Å². The normalized spacial score (nSPS) is 15.3. The number of para-hydroxylation sites is 2. The summed E-state index contributed by atoms with van der Waals surface area (Å²) in [6.45, 7) is 11.1. The summed E-state index contributed by atoms with van der Waals surface area (Å²) in [4.78, 5) is 25.8. The Labute approximate surface area is 389 Å². The molecule has 8 aromatic rings. The molecule has 4 aromatic heterocycles. The molecule has 0 atom stereocenters. The van der Waals surface area contributed by atoms with E-state index in [-0.39, 0.29) is 16.9 Å². The average molecular weight is 912 g/mol. The molecular formula is C52H61N7O8.